The van der Waals surface area contributed by atoms with Crippen molar-refractivity contribution in [3.05, 3.63) is 12.2 Å². The van der Waals surface area contributed by atoms with E-state index in [1.165, 1.54) is 6.92 Å². The van der Waals surface area contributed by atoms with E-state index < -0.39 is 29.2 Å². The first-order chi connectivity index (χ1) is 9.64. The van der Waals surface area contributed by atoms with Gasteiger partial charge in [-0.3, -0.25) is 4.79 Å². The first-order valence-corrected chi connectivity index (χ1v) is 7.90. The molecule has 2 aliphatic rings. The lowest BCUT2D eigenvalue weighted by Crippen LogP contribution is -2.68. The van der Waals surface area contributed by atoms with E-state index in [0.717, 1.165) is 6.42 Å². The molecule has 0 amide bonds. The van der Waals surface area contributed by atoms with E-state index in [4.69, 9.17) is 4.74 Å². The van der Waals surface area contributed by atoms with Gasteiger partial charge in [0.25, 0.3) is 0 Å². The number of aliphatic hydroxyl groups is 2. The van der Waals surface area contributed by atoms with E-state index in [0.29, 0.717) is 24.8 Å². The van der Waals surface area contributed by atoms with Crippen LogP contribution in [0.2, 0.25) is 0 Å². The zero-order valence-corrected chi connectivity index (χ0v) is 13.6. The molecule has 0 radical (unpaired) electrons. The summed E-state index contributed by atoms with van der Waals surface area (Å²) in [5, 5.41) is 22.0. The Morgan fingerprint density at radius 3 is 2.57 bits per heavy atom. The van der Waals surface area contributed by atoms with Crippen molar-refractivity contribution in [1.82, 2.24) is 0 Å². The third kappa shape index (κ3) is 2.33. The van der Waals surface area contributed by atoms with Gasteiger partial charge in [-0.1, -0.05) is 27.4 Å². The number of ether oxygens (including phenoxy) is 1. The molecule has 0 bridgehead atoms. The Bertz CT molecular complexity index is 444. The molecule has 21 heavy (non-hydrogen) atoms. The number of carbonyl (C=O) groups excluding carboxylic acids is 1. The molecule has 2 aliphatic carbocycles. The van der Waals surface area contributed by atoms with Crippen molar-refractivity contribution in [2.45, 2.75) is 71.2 Å². The fraction of sp³-hybridized carbons (Fsp3) is 0.824. The molecular weight excluding hydrogens is 268 g/mol. The van der Waals surface area contributed by atoms with Crippen molar-refractivity contribution < 1.29 is 19.7 Å². The Balaban J connectivity index is 2.50. The summed E-state index contributed by atoms with van der Waals surface area (Å²) in [6, 6.07) is 0. The molecule has 120 valence electrons. The van der Waals surface area contributed by atoms with Crippen LogP contribution in [0.5, 0.6) is 0 Å². The fourth-order valence-corrected chi connectivity index (χ4v) is 4.32. The highest BCUT2D eigenvalue weighted by atomic mass is 16.6. The molecule has 0 aliphatic heterocycles. The monoisotopic (exact) mass is 296 g/mol. The smallest absolute Gasteiger partial charge is 0.303 e. The summed E-state index contributed by atoms with van der Waals surface area (Å²) in [4.78, 5) is 11.6. The summed E-state index contributed by atoms with van der Waals surface area (Å²) < 4.78 is 5.56. The highest BCUT2D eigenvalue weighted by Gasteiger charge is 2.64. The minimum absolute atomic E-state index is 0.0778. The lowest BCUT2D eigenvalue weighted by molar-refractivity contribution is -0.236. The number of hydrogen-bond donors (Lipinski definition) is 2. The van der Waals surface area contributed by atoms with E-state index in [1.807, 2.05) is 6.92 Å². The Hall–Kier alpha value is -0.870. The summed E-state index contributed by atoms with van der Waals surface area (Å²) in [7, 11) is 0. The second-order valence-corrected chi connectivity index (χ2v) is 7.32. The van der Waals surface area contributed by atoms with E-state index in [2.05, 4.69) is 20.4 Å². The molecule has 2 saturated carbocycles. The van der Waals surface area contributed by atoms with Gasteiger partial charge in [0, 0.05) is 18.3 Å². The van der Waals surface area contributed by atoms with Gasteiger partial charge in [-0.15, -0.1) is 0 Å². The molecule has 2 fully saturated rings. The third-order valence-electron chi connectivity index (χ3n) is 5.81. The van der Waals surface area contributed by atoms with Crippen molar-refractivity contribution in [2.75, 3.05) is 0 Å². The van der Waals surface area contributed by atoms with Gasteiger partial charge in [-0.25, -0.2) is 0 Å². The first kappa shape index (κ1) is 16.5. The molecule has 0 aromatic heterocycles. The molecule has 0 saturated heterocycles. The summed E-state index contributed by atoms with van der Waals surface area (Å²) in [6.45, 7) is 11.5. The van der Waals surface area contributed by atoms with E-state index in [-0.39, 0.29) is 11.8 Å². The quantitative estimate of drug-likeness (QED) is 0.607. The molecular formula is C17H28O4. The maximum absolute atomic E-state index is 11.6. The number of fused-ring (bicyclic) bond motifs is 1. The minimum atomic E-state index is -1.34. The molecule has 4 nitrogen and oxygen atoms in total. The highest BCUT2D eigenvalue weighted by molar-refractivity contribution is 5.66. The van der Waals surface area contributed by atoms with Gasteiger partial charge in [-0.05, 0) is 37.2 Å². The zero-order valence-electron chi connectivity index (χ0n) is 13.6. The SMILES string of the molecule is C=C1CC[C@@H](O)[C@]2(C)CC[C@@H](C(C)C)[C@@H](OC(C)=O)[C@@]12O. The van der Waals surface area contributed by atoms with Crippen molar-refractivity contribution in [3.63, 3.8) is 0 Å². The van der Waals surface area contributed by atoms with Crippen LogP contribution < -0.4 is 0 Å². The maximum atomic E-state index is 11.6. The summed E-state index contributed by atoms with van der Waals surface area (Å²) in [5.41, 5.74) is -1.36. The maximum Gasteiger partial charge on any atom is 0.303 e. The van der Waals surface area contributed by atoms with Crippen LogP contribution in [0.3, 0.4) is 0 Å². The van der Waals surface area contributed by atoms with E-state index >= 15 is 0 Å². The highest BCUT2D eigenvalue weighted by Crippen LogP contribution is 2.58. The predicted molar refractivity (Wildman–Crippen MR) is 80.6 cm³/mol. The van der Waals surface area contributed by atoms with Crippen molar-refractivity contribution in [1.29, 1.82) is 0 Å². The van der Waals surface area contributed by atoms with Crippen LogP contribution >= 0.6 is 0 Å². The van der Waals surface area contributed by atoms with Gasteiger partial charge in [0.2, 0.25) is 0 Å². The second-order valence-electron chi connectivity index (χ2n) is 7.32. The summed E-state index contributed by atoms with van der Waals surface area (Å²) in [5.74, 6) is -0.0278. The Labute approximate surface area is 127 Å². The molecule has 4 heteroatoms. The van der Waals surface area contributed by atoms with Gasteiger partial charge in [0.15, 0.2) is 0 Å². The number of rotatable bonds is 2. The molecule has 0 aromatic rings. The Kier molecular flexibility index (Phi) is 4.24. The zero-order chi connectivity index (χ0) is 16.0. The van der Waals surface area contributed by atoms with Gasteiger partial charge >= 0.3 is 5.97 Å². The molecule has 5 atom stereocenters. The van der Waals surface area contributed by atoms with Crippen molar-refractivity contribution in [3.8, 4) is 0 Å². The average molecular weight is 296 g/mol. The number of carbonyl (C=O) groups is 1. The molecule has 0 unspecified atom stereocenters. The largest absolute Gasteiger partial charge is 0.459 e. The topological polar surface area (TPSA) is 66.8 Å². The average Bonchev–Trinajstić information content (AvgIpc) is 2.38. The fourth-order valence-electron chi connectivity index (χ4n) is 4.32. The summed E-state index contributed by atoms with van der Waals surface area (Å²) >= 11 is 0. The lowest BCUT2D eigenvalue weighted by Gasteiger charge is -2.60. The van der Waals surface area contributed by atoms with Crippen LogP contribution in [0.4, 0.5) is 0 Å². The van der Waals surface area contributed by atoms with Crippen LogP contribution in [-0.2, 0) is 9.53 Å². The summed E-state index contributed by atoms with van der Waals surface area (Å²) in [6.07, 6.45) is 1.49. The molecule has 2 N–H and O–H groups in total. The van der Waals surface area contributed by atoms with Crippen LogP contribution in [0.1, 0.15) is 53.4 Å². The van der Waals surface area contributed by atoms with E-state index in [9.17, 15) is 15.0 Å². The number of hydrogen-bond acceptors (Lipinski definition) is 4. The van der Waals surface area contributed by atoms with Crippen molar-refractivity contribution in [2.24, 2.45) is 17.3 Å². The van der Waals surface area contributed by atoms with E-state index in [1.54, 1.807) is 0 Å². The Morgan fingerprint density at radius 1 is 1.43 bits per heavy atom. The molecule has 0 heterocycles. The van der Waals surface area contributed by atoms with Gasteiger partial charge in [0.1, 0.15) is 11.7 Å². The minimum Gasteiger partial charge on any atom is -0.459 e. The Morgan fingerprint density at radius 2 is 2.05 bits per heavy atom. The van der Waals surface area contributed by atoms with Gasteiger partial charge < -0.3 is 14.9 Å². The second kappa shape index (κ2) is 5.40. The van der Waals surface area contributed by atoms with Crippen LogP contribution in [0, 0.1) is 17.3 Å². The van der Waals surface area contributed by atoms with Crippen molar-refractivity contribution >= 4 is 5.97 Å². The number of aliphatic hydroxyl groups excluding tert-OH is 1. The normalized spacial score (nSPS) is 43.6. The van der Waals surface area contributed by atoms with Crippen LogP contribution in [-0.4, -0.2) is 34.0 Å². The lowest BCUT2D eigenvalue weighted by atomic mass is 9.50. The predicted octanol–water partition coefficient (Wildman–Crippen LogP) is 2.43. The molecule has 2 rings (SSSR count). The van der Waals surface area contributed by atoms with Gasteiger partial charge in [0.05, 0.1) is 6.10 Å². The molecule has 0 spiro atoms. The first-order valence-electron chi connectivity index (χ1n) is 7.90. The van der Waals surface area contributed by atoms with Crippen LogP contribution in [0.15, 0.2) is 12.2 Å². The standard InChI is InChI=1S/C17H28O4/c1-10(2)13-8-9-16(5)14(19)7-6-11(3)17(16,20)15(13)21-12(4)18/h10,13-15,19-20H,3,6-9H2,1-2,4-5H3/t13-,14+,15+,16-,17-/m0/s1. The number of esters is 1. The van der Waals surface area contributed by atoms with Gasteiger partial charge in [-0.2, -0.15) is 0 Å². The third-order valence-corrected chi connectivity index (χ3v) is 5.81. The molecule has 0 aromatic carbocycles. The van der Waals surface area contributed by atoms with Crippen LogP contribution in [0.25, 0.3) is 0 Å².